The molecular weight excluding hydrogens is 304 g/mol. The lowest BCUT2D eigenvalue weighted by molar-refractivity contribution is 0.0467. The molecule has 1 aromatic carbocycles. The molecular formula is C16H13ClN2O3. The number of carbonyl (C=O) groups is 1. The van der Waals surface area contributed by atoms with Gasteiger partial charge in [-0.2, -0.15) is 0 Å². The van der Waals surface area contributed by atoms with E-state index in [2.05, 4.69) is 4.98 Å². The Kier molecular flexibility index (Phi) is 3.73. The maximum absolute atomic E-state index is 12.0. The normalized spacial score (nSPS) is 10.8. The molecule has 2 heterocycles. The topological polar surface area (TPSA) is 64.1 Å². The maximum atomic E-state index is 12.0. The number of benzene rings is 1. The molecule has 0 spiro atoms. The van der Waals surface area contributed by atoms with Crippen LogP contribution in [0.25, 0.3) is 10.9 Å². The van der Waals surface area contributed by atoms with Gasteiger partial charge in [-0.3, -0.25) is 4.79 Å². The van der Waals surface area contributed by atoms with Gasteiger partial charge in [0.15, 0.2) is 0 Å². The van der Waals surface area contributed by atoms with Gasteiger partial charge in [0.25, 0.3) is 0 Å². The minimum atomic E-state index is -0.486. The third-order valence-electron chi connectivity index (χ3n) is 3.35. The Morgan fingerprint density at radius 1 is 1.32 bits per heavy atom. The quantitative estimate of drug-likeness (QED) is 0.756. The molecule has 0 saturated heterocycles. The van der Waals surface area contributed by atoms with Gasteiger partial charge in [0.2, 0.25) is 5.56 Å². The number of hydrogen-bond acceptors (Lipinski definition) is 3. The number of fused-ring (bicyclic) bond motifs is 1. The lowest BCUT2D eigenvalue weighted by atomic mass is 10.2. The van der Waals surface area contributed by atoms with Gasteiger partial charge >= 0.3 is 5.97 Å². The summed E-state index contributed by atoms with van der Waals surface area (Å²) in [5, 5.41) is 1.53. The molecule has 6 heteroatoms. The fourth-order valence-corrected chi connectivity index (χ4v) is 2.42. The fourth-order valence-electron chi connectivity index (χ4n) is 2.20. The van der Waals surface area contributed by atoms with Crippen molar-refractivity contribution in [3.63, 3.8) is 0 Å². The van der Waals surface area contributed by atoms with E-state index >= 15 is 0 Å². The highest BCUT2D eigenvalue weighted by Crippen LogP contribution is 2.24. The second-order valence-corrected chi connectivity index (χ2v) is 5.35. The van der Waals surface area contributed by atoms with E-state index in [1.807, 2.05) is 18.2 Å². The van der Waals surface area contributed by atoms with Gasteiger partial charge in [0, 0.05) is 35.2 Å². The SMILES string of the molecule is Cn1cc(C(=O)OCc2cc3c(Cl)cccc3[nH]2)ccc1=O. The second-order valence-electron chi connectivity index (χ2n) is 4.94. The van der Waals surface area contributed by atoms with Crippen LogP contribution in [0.15, 0.2) is 47.4 Å². The van der Waals surface area contributed by atoms with E-state index in [9.17, 15) is 9.59 Å². The van der Waals surface area contributed by atoms with Crippen molar-refractivity contribution < 1.29 is 9.53 Å². The van der Waals surface area contributed by atoms with Crippen molar-refractivity contribution >= 4 is 28.5 Å². The minimum Gasteiger partial charge on any atom is -0.456 e. The van der Waals surface area contributed by atoms with Crippen molar-refractivity contribution in [3.05, 3.63) is 69.2 Å². The van der Waals surface area contributed by atoms with E-state index in [1.54, 1.807) is 13.1 Å². The Morgan fingerprint density at radius 2 is 2.14 bits per heavy atom. The van der Waals surface area contributed by atoms with Gasteiger partial charge in [-0.1, -0.05) is 17.7 Å². The maximum Gasteiger partial charge on any atom is 0.340 e. The van der Waals surface area contributed by atoms with Crippen molar-refractivity contribution in [3.8, 4) is 0 Å². The first-order valence-corrected chi connectivity index (χ1v) is 7.02. The molecule has 0 aliphatic carbocycles. The van der Waals surface area contributed by atoms with Crippen LogP contribution in [0.3, 0.4) is 0 Å². The van der Waals surface area contributed by atoms with Gasteiger partial charge < -0.3 is 14.3 Å². The number of rotatable bonds is 3. The second kappa shape index (κ2) is 5.69. The van der Waals surface area contributed by atoms with Crippen LogP contribution in [-0.2, 0) is 18.4 Å². The average Bonchev–Trinajstić information content (AvgIpc) is 2.92. The number of pyridine rings is 1. The number of hydrogen-bond donors (Lipinski definition) is 1. The summed E-state index contributed by atoms with van der Waals surface area (Å²) in [6, 6.07) is 10.2. The van der Waals surface area contributed by atoms with E-state index < -0.39 is 5.97 Å². The fraction of sp³-hybridized carbons (Fsp3) is 0.125. The third kappa shape index (κ3) is 2.76. The smallest absolute Gasteiger partial charge is 0.340 e. The van der Waals surface area contributed by atoms with Crippen molar-refractivity contribution in [1.82, 2.24) is 9.55 Å². The summed E-state index contributed by atoms with van der Waals surface area (Å²) in [6.07, 6.45) is 1.45. The Labute approximate surface area is 131 Å². The number of nitrogens with one attached hydrogen (secondary N) is 1. The zero-order valence-electron chi connectivity index (χ0n) is 11.8. The summed E-state index contributed by atoms with van der Waals surface area (Å²) >= 11 is 6.10. The highest BCUT2D eigenvalue weighted by molar-refractivity contribution is 6.35. The molecule has 0 aliphatic heterocycles. The summed E-state index contributed by atoms with van der Waals surface area (Å²) in [4.78, 5) is 26.4. The standard InChI is InChI=1S/C16H13ClN2O3/c1-19-8-10(5-6-15(19)20)16(21)22-9-11-7-12-13(17)3-2-4-14(12)18-11/h2-8,18H,9H2,1H3. The predicted molar refractivity (Wildman–Crippen MR) is 84.1 cm³/mol. The first-order valence-electron chi connectivity index (χ1n) is 6.64. The molecule has 0 bridgehead atoms. The molecule has 0 fully saturated rings. The van der Waals surface area contributed by atoms with Gasteiger partial charge in [-0.05, 0) is 24.3 Å². The number of nitrogens with zero attached hydrogens (tertiary/aromatic N) is 1. The van der Waals surface area contributed by atoms with Crippen molar-refractivity contribution in [2.75, 3.05) is 0 Å². The third-order valence-corrected chi connectivity index (χ3v) is 3.68. The Balaban J connectivity index is 1.75. The van der Waals surface area contributed by atoms with Crippen molar-refractivity contribution in [2.45, 2.75) is 6.61 Å². The molecule has 0 radical (unpaired) electrons. The number of esters is 1. The largest absolute Gasteiger partial charge is 0.456 e. The highest BCUT2D eigenvalue weighted by atomic mass is 35.5. The number of aromatic amines is 1. The Morgan fingerprint density at radius 3 is 2.86 bits per heavy atom. The van der Waals surface area contributed by atoms with Crippen LogP contribution >= 0.6 is 11.6 Å². The molecule has 22 heavy (non-hydrogen) atoms. The van der Waals surface area contributed by atoms with Crippen molar-refractivity contribution in [1.29, 1.82) is 0 Å². The summed E-state index contributed by atoms with van der Waals surface area (Å²) in [5.41, 5.74) is 1.79. The zero-order valence-corrected chi connectivity index (χ0v) is 12.6. The van der Waals surface area contributed by atoms with Crippen LogP contribution < -0.4 is 5.56 Å². The lowest BCUT2D eigenvalue weighted by Crippen LogP contribution is -2.17. The number of aromatic nitrogens is 2. The Hall–Kier alpha value is -2.53. The van der Waals surface area contributed by atoms with Crippen LogP contribution in [0, 0.1) is 0 Å². The van der Waals surface area contributed by atoms with Gasteiger partial charge in [-0.25, -0.2) is 4.79 Å². The monoisotopic (exact) mass is 316 g/mol. The van der Waals surface area contributed by atoms with E-state index in [0.717, 1.165) is 16.6 Å². The first kappa shape index (κ1) is 14.4. The molecule has 0 atom stereocenters. The van der Waals surface area contributed by atoms with Crippen LogP contribution in [0.4, 0.5) is 0 Å². The van der Waals surface area contributed by atoms with Crippen LogP contribution in [0.1, 0.15) is 16.1 Å². The number of aryl methyl sites for hydroxylation is 1. The predicted octanol–water partition coefficient (Wildman–Crippen LogP) is 2.88. The first-order chi connectivity index (χ1) is 10.5. The van der Waals surface area contributed by atoms with E-state index in [0.29, 0.717) is 10.6 Å². The molecule has 3 rings (SSSR count). The molecule has 0 saturated carbocycles. The molecule has 1 N–H and O–H groups in total. The van der Waals surface area contributed by atoms with Crippen LogP contribution in [-0.4, -0.2) is 15.5 Å². The average molecular weight is 317 g/mol. The molecule has 0 aliphatic rings. The van der Waals surface area contributed by atoms with E-state index in [-0.39, 0.29) is 12.2 Å². The molecule has 0 amide bonds. The highest BCUT2D eigenvalue weighted by Gasteiger charge is 2.10. The Bertz CT molecular complexity index is 911. The number of carbonyl (C=O) groups excluding carboxylic acids is 1. The molecule has 0 unspecified atom stereocenters. The number of H-pyrrole nitrogens is 1. The summed E-state index contributed by atoms with van der Waals surface area (Å²) in [7, 11) is 1.58. The van der Waals surface area contributed by atoms with E-state index in [4.69, 9.17) is 16.3 Å². The van der Waals surface area contributed by atoms with Gasteiger partial charge in [0.05, 0.1) is 11.3 Å². The molecule has 2 aromatic heterocycles. The number of ether oxygens (including phenoxy) is 1. The minimum absolute atomic E-state index is 0.104. The van der Waals surface area contributed by atoms with Crippen LogP contribution in [0.5, 0.6) is 0 Å². The summed E-state index contributed by atoms with van der Waals surface area (Å²) < 4.78 is 6.58. The molecule has 3 aromatic rings. The van der Waals surface area contributed by atoms with Crippen molar-refractivity contribution in [2.24, 2.45) is 7.05 Å². The van der Waals surface area contributed by atoms with Gasteiger partial charge in [-0.15, -0.1) is 0 Å². The van der Waals surface area contributed by atoms with E-state index in [1.165, 1.54) is 22.9 Å². The van der Waals surface area contributed by atoms with Gasteiger partial charge in [0.1, 0.15) is 6.61 Å². The molecule has 112 valence electrons. The summed E-state index contributed by atoms with van der Waals surface area (Å²) in [6.45, 7) is 0.104. The summed E-state index contributed by atoms with van der Waals surface area (Å²) in [5.74, 6) is -0.486. The lowest BCUT2D eigenvalue weighted by Gasteiger charge is -2.04. The molecule has 5 nitrogen and oxygen atoms in total. The van der Waals surface area contributed by atoms with Crippen LogP contribution in [0.2, 0.25) is 5.02 Å². The number of halogens is 1. The zero-order chi connectivity index (χ0) is 15.7.